The van der Waals surface area contributed by atoms with Crippen LogP contribution in [0.2, 0.25) is 0 Å². The van der Waals surface area contributed by atoms with E-state index in [1.165, 1.54) is 0 Å². The summed E-state index contributed by atoms with van der Waals surface area (Å²) >= 11 is 0. The van der Waals surface area contributed by atoms with Crippen LogP contribution in [-0.2, 0) is 6.54 Å². The average molecular weight is 287 g/mol. The number of nitrogens with zero attached hydrogens (tertiary/aromatic N) is 2. The Bertz CT molecular complexity index is 662. The number of nitrogens with two attached hydrogens (primary N) is 1. The van der Waals surface area contributed by atoms with Crippen molar-refractivity contribution < 1.29 is 4.74 Å². The number of rotatable bonds is 5. The van der Waals surface area contributed by atoms with Crippen molar-refractivity contribution in [1.29, 1.82) is 0 Å². The third kappa shape index (κ3) is 3.70. The molecule has 112 valence electrons. The van der Waals surface area contributed by atoms with Gasteiger partial charge in [-0.1, -0.05) is 12.1 Å². The minimum atomic E-state index is -0.262. The Morgan fingerprint density at radius 2 is 1.95 bits per heavy atom. The molecular formula is C16H21N3O2. The number of hydrogen-bond donors (Lipinski definition) is 1. The summed E-state index contributed by atoms with van der Waals surface area (Å²) < 4.78 is 7.01. The SMILES string of the molecule is CCOc1ccc(C(N)Cn2c(C)cc(C)nc2=O)cc1. The van der Waals surface area contributed by atoms with E-state index in [4.69, 9.17) is 10.5 Å². The van der Waals surface area contributed by atoms with Crippen molar-refractivity contribution in [2.45, 2.75) is 33.4 Å². The lowest BCUT2D eigenvalue weighted by atomic mass is 10.1. The van der Waals surface area contributed by atoms with E-state index < -0.39 is 0 Å². The summed E-state index contributed by atoms with van der Waals surface area (Å²) in [6, 6.07) is 9.26. The largest absolute Gasteiger partial charge is 0.494 e. The molecule has 0 aliphatic heterocycles. The maximum Gasteiger partial charge on any atom is 0.348 e. The fourth-order valence-electron chi connectivity index (χ4n) is 2.28. The molecule has 1 aromatic heterocycles. The van der Waals surface area contributed by atoms with Crippen LogP contribution in [0.1, 0.15) is 29.9 Å². The zero-order chi connectivity index (χ0) is 15.4. The molecule has 0 fully saturated rings. The maximum absolute atomic E-state index is 11.9. The number of aromatic nitrogens is 2. The number of hydrogen-bond acceptors (Lipinski definition) is 4. The van der Waals surface area contributed by atoms with Gasteiger partial charge in [-0.15, -0.1) is 0 Å². The fraction of sp³-hybridized carbons (Fsp3) is 0.375. The quantitative estimate of drug-likeness (QED) is 0.912. The third-order valence-electron chi connectivity index (χ3n) is 3.34. The molecule has 0 spiro atoms. The molecule has 1 unspecified atom stereocenters. The van der Waals surface area contributed by atoms with Gasteiger partial charge in [-0.2, -0.15) is 4.98 Å². The number of aryl methyl sites for hydroxylation is 2. The highest BCUT2D eigenvalue weighted by atomic mass is 16.5. The van der Waals surface area contributed by atoms with Gasteiger partial charge in [0.15, 0.2) is 0 Å². The van der Waals surface area contributed by atoms with Gasteiger partial charge in [0, 0.05) is 24.0 Å². The van der Waals surface area contributed by atoms with Gasteiger partial charge in [0.25, 0.3) is 0 Å². The van der Waals surface area contributed by atoms with Crippen LogP contribution >= 0.6 is 0 Å². The molecule has 0 aliphatic carbocycles. The second kappa shape index (κ2) is 6.54. The highest BCUT2D eigenvalue weighted by Gasteiger charge is 2.11. The van der Waals surface area contributed by atoms with E-state index in [1.54, 1.807) is 4.57 Å². The van der Waals surface area contributed by atoms with E-state index in [0.717, 1.165) is 22.7 Å². The first kappa shape index (κ1) is 15.3. The normalized spacial score (nSPS) is 12.2. The number of benzene rings is 1. The van der Waals surface area contributed by atoms with E-state index >= 15 is 0 Å². The second-order valence-corrected chi connectivity index (χ2v) is 5.04. The molecule has 0 saturated carbocycles. The Kier molecular flexibility index (Phi) is 4.75. The Labute approximate surface area is 124 Å². The molecule has 1 aromatic carbocycles. The Morgan fingerprint density at radius 3 is 2.52 bits per heavy atom. The monoisotopic (exact) mass is 287 g/mol. The van der Waals surface area contributed by atoms with Crippen LogP contribution in [0.3, 0.4) is 0 Å². The maximum atomic E-state index is 11.9. The summed E-state index contributed by atoms with van der Waals surface area (Å²) in [5.74, 6) is 0.818. The van der Waals surface area contributed by atoms with Crippen molar-refractivity contribution in [3.8, 4) is 5.75 Å². The van der Waals surface area contributed by atoms with Gasteiger partial charge >= 0.3 is 5.69 Å². The van der Waals surface area contributed by atoms with Crippen molar-refractivity contribution in [3.05, 3.63) is 57.8 Å². The summed E-state index contributed by atoms with van der Waals surface area (Å²) in [7, 11) is 0. The first-order valence-electron chi connectivity index (χ1n) is 7.04. The van der Waals surface area contributed by atoms with Crippen molar-refractivity contribution in [1.82, 2.24) is 9.55 Å². The third-order valence-corrected chi connectivity index (χ3v) is 3.34. The molecule has 2 aromatic rings. The minimum Gasteiger partial charge on any atom is -0.494 e. The zero-order valence-electron chi connectivity index (χ0n) is 12.7. The van der Waals surface area contributed by atoms with Crippen LogP contribution in [0.25, 0.3) is 0 Å². The standard InChI is InChI=1S/C16H21N3O2/c1-4-21-14-7-5-13(6-8-14)15(17)10-19-12(3)9-11(2)18-16(19)20/h5-9,15H,4,10,17H2,1-3H3. The molecule has 5 nitrogen and oxygen atoms in total. The molecule has 0 bridgehead atoms. The van der Waals surface area contributed by atoms with Crippen molar-refractivity contribution in [2.24, 2.45) is 5.73 Å². The zero-order valence-corrected chi connectivity index (χ0v) is 12.7. The first-order valence-corrected chi connectivity index (χ1v) is 7.04. The molecule has 1 heterocycles. The van der Waals surface area contributed by atoms with Gasteiger partial charge in [0.1, 0.15) is 5.75 Å². The van der Waals surface area contributed by atoms with Crippen LogP contribution in [0.4, 0.5) is 0 Å². The summed E-state index contributed by atoms with van der Waals surface area (Å²) in [6.07, 6.45) is 0. The van der Waals surface area contributed by atoms with Crippen LogP contribution in [0, 0.1) is 13.8 Å². The highest BCUT2D eigenvalue weighted by Crippen LogP contribution is 2.17. The van der Waals surface area contributed by atoms with E-state index in [9.17, 15) is 4.79 Å². The van der Waals surface area contributed by atoms with E-state index in [2.05, 4.69) is 4.98 Å². The van der Waals surface area contributed by atoms with Crippen molar-refractivity contribution >= 4 is 0 Å². The Balaban J connectivity index is 2.18. The topological polar surface area (TPSA) is 70.1 Å². The molecule has 0 aliphatic rings. The molecule has 5 heteroatoms. The van der Waals surface area contributed by atoms with Crippen molar-refractivity contribution in [2.75, 3.05) is 6.61 Å². The molecule has 0 amide bonds. The van der Waals surface area contributed by atoms with Gasteiger partial charge < -0.3 is 10.5 Å². The van der Waals surface area contributed by atoms with Crippen LogP contribution in [0.5, 0.6) is 5.75 Å². The summed E-state index contributed by atoms with van der Waals surface area (Å²) in [6.45, 7) is 6.69. The smallest absolute Gasteiger partial charge is 0.348 e. The molecule has 0 saturated heterocycles. The van der Waals surface area contributed by atoms with Crippen molar-refractivity contribution in [3.63, 3.8) is 0 Å². The summed E-state index contributed by atoms with van der Waals surface area (Å²) in [5, 5.41) is 0. The minimum absolute atomic E-state index is 0.256. The molecule has 0 radical (unpaired) electrons. The lowest BCUT2D eigenvalue weighted by molar-refractivity contribution is 0.340. The van der Waals surface area contributed by atoms with Gasteiger partial charge in [-0.25, -0.2) is 4.79 Å². The summed E-state index contributed by atoms with van der Waals surface area (Å²) in [4.78, 5) is 15.9. The van der Waals surface area contributed by atoms with Gasteiger partial charge in [0.2, 0.25) is 0 Å². The summed E-state index contributed by atoms with van der Waals surface area (Å²) in [5.41, 5.74) is 8.50. The average Bonchev–Trinajstić information content (AvgIpc) is 2.43. The van der Waals surface area contributed by atoms with Crippen LogP contribution in [0.15, 0.2) is 35.1 Å². The van der Waals surface area contributed by atoms with E-state index in [1.807, 2.05) is 51.1 Å². The molecule has 1 atom stereocenters. The van der Waals surface area contributed by atoms with E-state index in [0.29, 0.717) is 13.2 Å². The second-order valence-electron chi connectivity index (χ2n) is 5.04. The predicted molar refractivity (Wildman–Crippen MR) is 82.5 cm³/mol. The van der Waals surface area contributed by atoms with Crippen LogP contribution in [-0.4, -0.2) is 16.2 Å². The van der Waals surface area contributed by atoms with E-state index in [-0.39, 0.29) is 11.7 Å². The fourth-order valence-corrected chi connectivity index (χ4v) is 2.28. The molecule has 2 N–H and O–H groups in total. The van der Waals surface area contributed by atoms with Gasteiger partial charge in [-0.3, -0.25) is 4.57 Å². The van der Waals surface area contributed by atoms with Gasteiger partial charge in [0.05, 0.1) is 6.61 Å². The molecular weight excluding hydrogens is 266 g/mol. The first-order chi connectivity index (χ1) is 10.0. The lowest BCUT2D eigenvalue weighted by Gasteiger charge is -2.16. The number of ether oxygens (including phenoxy) is 1. The highest BCUT2D eigenvalue weighted by molar-refractivity contribution is 5.29. The Morgan fingerprint density at radius 1 is 1.29 bits per heavy atom. The molecule has 2 rings (SSSR count). The lowest BCUT2D eigenvalue weighted by Crippen LogP contribution is -2.30. The predicted octanol–water partition coefficient (Wildman–Crippen LogP) is 1.96. The molecule has 21 heavy (non-hydrogen) atoms. The Hall–Kier alpha value is -2.14. The van der Waals surface area contributed by atoms with Gasteiger partial charge in [-0.05, 0) is 44.5 Å². The van der Waals surface area contributed by atoms with Crippen LogP contribution < -0.4 is 16.2 Å².